The van der Waals surface area contributed by atoms with Crippen LogP contribution in [0.2, 0.25) is 0 Å². The van der Waals surface area contributed by atoms with Gasteiger partial charge in [0.2, 0.25) is 5.76 Å². The fourth-order valence-corrected chi connectivity index (χ4v) is 3.68. The molecule has 144 valence electrons. The predicted octanol–water partition coefficient (Wildman–Crippen LogP) is 4.36. The quantitative estimate of drug-likeness (QED) is 0.828. The minimum Gasteiger partial charge on any atom is -0.397 e. The number of aliphatic hydroxyl groups is 1. The van der Waals surface area contributed by atoms with Crippen LogP contribution >= 0.6 is 11.3 Å². The van der Waals surface area contributed by atoms with Crippen molar-refractivity contribution in [2.24, 2.45) is 0 Å². The molecule has 3 heterocycles. The van der Waals surface area contributed by atoms with Crippen molar-refractivity contribution in [3.05, 3.63) is 28.3 Å². The fourth-order valence-electron chi connectivity index (χ4n) is 2.66. The van der Waals surface area contributed by atoms with Gasteiger partial charge in [-0.1, -0.05) is 5.16 Å². The molecule has 2 aromatic rings. The number of carbonyl (C=O) groups excluding carboxylic acids is 1. The van der Waals surface area contributed by atoms with Gasteiger partial charge in [0, 0.05) is 25.3 Å². The number of aliphatic hydroxyl groups excluding tert-OH is 1. The van der Waals surface area contributed by atoms with Crippen LogP contribution in [-0.4, -0.2) is 40.8 Å². The second-order valence-electron chi connectivity index (χ2n) is 5.82. The third-order valence-corrected chi connectivity index (χ3v) is 4.95. The Labute approximate surface area is 153 Å². The smallest absolute Gasteiger partial charge is 0.397 e. The zero-order valence-electron chi connectivity index (χ0n) is 14.6. The first-order valence-corrected chi connectivity index (χ1v) is 9.15. The molecule has 0 saturated carbocycles. The van der Waals surface area contributed by atoms with E-state index in [2.05, 4.69) is 9.68 Å². The minimum atomic E-state index is -4.57. The molecule has 3 rings (SSSR count). The van der Waals surface area contributed by atoms with Gasteiger partial charge in [0.25, 0.3) is 5.91 Å². The van der Waals surface area contributed by atoms with Crippen LogP contribution in [-0.2, 0) is 6.18 Å². The molecule has 5 nitrogen and oxygen atoms in total. The van der Waals surface area contributed by atoms with Gasteiger partial charge in [-0.15, -0.1) is 11.3 Å². The normalized spacial score (nSPS) is 14.8. The number of piperidine rings is 1. The van der Waals surface area contributed by atoms with Crippen molar-refractivity contribution in [1.29, 1.82) is 0 Å². The number of alkyl halides is 3. The van der Waals surface area contributed by atoms with Gasteiger partial charge in [-0.3, -0.25) is 4.79 Å². The average Bonchev–Trinajstić information content (AvgIpc) is 3.21. The number of halogens is 3. The zero-order chi connectivity index (χ0) is 19.3. The van der Waals surface area contributed by atoms with Gasteiger partial charge in [-0.2, -0.15) is 13.2 Å². The maximum atomic E-state index is 12.8. The van der Waals surface area contributed by atoms with E-state index >= 15 is 0 Å². The highest BCUT2D eigenvalue weighted by Gasteiger charge is 2.39. The number of nitrogens with zero attached hydrogens (tertiary/aromatic N) is 2. The summed E-state index contributed by atoms with van der Waals surface area (Å²) in [5, 5.41) is 11.1. The number of amides is 1. The van der Waals surface area contributed by atoms with Crippen molar-refractivity contribution in [1.82, 2.24) is 10.1 Å². The first-order chi connectivity index (χ1) is 12.3. The predicted molar refractivity (Wildman–Crippen MR) is 92.1 cm³/mol. The largest absolute Gasteiger partial charge is 0.452 e. The molecule has 0 unspecified atom stereocenters. The summed E-state index contributed by atoms with van der Waals surface area (Å²) in [4.78, 5) is 15.2. The number of carbonyl (C=O) groups is 1. The van der Waals surface area contributed by atoms with E-state index in [9.17, 15) is 18.0 Å². The van der Waals surface area contributed by atoms with E-state index in [1.807, 2.05) is 0 Å². The molecule has 0 aromatic carbocycles. The average molecular weight is 390 g/mol. The Balaban J connectivity index is 0.000000758. The van der Waals surface area contributed by atoms with E-state index < -0.39 is 11.9 Å². The first-order valence-electron chi connectivity index (χ1n) is 8.33. The third-order valence-electron chi connectivity index (χ3n) is 3.87. The lowest BCUT2D eigenvalue weighted by Crippen LogP contribution is -2.35. The van der Waals surface area contributed by atoms with E-state index in [1.54, 1.807) is 24.0 Å². The van der Waals surface area contributed by atoms with Gasteiger partial charge in [0.15, 0.2) is 0 Å². The summed E-state index contributed by atoms with van der Waals surface area (Å²) < 4.78 is 42.7. The molecule has 26 heavy (non-hydrogen) atoms. The molecule has 1 aliphatic heterocycles. The van der Waals surface area contributed by atoms with Crippen molar-refractivity contribution in [3.63, 3.8) is 0 Å². The van der Waals surface area contributed by atoms with Crippen LogP contribution < -0.4 is 0 Å². The molecule has 1 amide bonds. The summed E-state index contributed by atoms with van der Waals surface area (Å²) in [7, 11) is 0. The molecule has 0 radical (unpaired) electrons. The molecule has 1 saturated heterocycles. The molecule has 0 spiro atoms. The number of rotatable bonds is 2. The topological polar surface area (TPSA) is 66.6 Å². The second kappa shape index (κ2) is 8.68. The molecule has 9 heteroatoms. The molecule has 0 bridgehead atoms. The Bertz CT molecular complexity index is 734. The van der Waals surface area contributed by atoms with Gasteiger partial charge in [0.1, 0.15) is 5.69 Å². The van der Waals surface area contributed by atoms with Gasteiger partial charge in [-0.05, 0) is 45.2 Å². The van der Waals surface area contributed by atoms with Crippen molar-refractivity contribution in [2.75, 3.05) is 19.7 Å². The van der Waals surface area contributed by atoms with Crippen LogP contribution in [0.4, 0.5) is 13.2 Å². The lowest BCUT2D eigenvalue weighted by molar-refractivity contribution is -0.156. The highest BCUT2D eigenvalue weighted by molar-refractivity contribution is 7.17. The Hall–Kier alpha value is -1.87. The molecule has 1 fully saturated rings. The molecule has 1 N–H and O–H groups in total. The van der Waals surface area contributed by atoms with Crippen LogP contribution in [0.25, 0.3) is 10.6 Å². The van der Waals surface area contributed by atoms with Crippen molar-refractivity contribution in [2.45, 2.75) is 39.3 Å². The number of likely N-dealkylation sites (tertiary alicyclic amines) is 1. The number of hydrogen-bond acceptors (Lipinski definition) is 5. The fraction of sp³-hybridized carbons (Fsp3) is 0.529. The molecule has 2 aromatic heterocycles. The highest BCUT2D eigenvalue weighted by atomic mass is 32.1. The summed E-state index contributed by atoms with van der Waals surface area (Å²) in [6.45, 7) is 4.71. The SMILES string of the molecule is CCO.Cc1c(-c2ccc(C(=O)N3CCCCC3)s2)noc1C(F)(F)F. The van der Waals surface area contributed by atoms with E-state index in [1.165, 1.54) is 6.92 Å². The summed E-state index contributed by atoms with van der Waals surface area (Å²) in [5.41, 5.74) is 0.0799. The van der Waals surface area contributed by atoms with Crippen molar-refractivity contribution >= 4 is 17.2 Å². The van der Waals surface area contributed by atoms with Gasteiger partial charge < -0.3 is 14.5 Å². The monoisotopic (exact) mass is 390 g/mol. The van der Waals surface area contributed by atoms with Crippen LogP contribution in [0.5, 0.6) is 0 Å². The van der Waals surface area contributed by atoms with E-state index in [-0.39, 0.29) is 23.8 Å². The molecular weight excluding hydrogens is 369 g/mol. The molecule has 0 atom stereocenters. The Kier molecular flexibility index (Phi) is 6.82. The van der Waals surface area contributed by atoms with Crippen molar-refractivity contribution < 1.29 is 27.6 Å². The van der Waals surface area contributed by atoms with E-state index in [0.29, 0.717) is 9.75 Å². The Morgan fingerprint density at radius 1 is 1.31 bits per heavy atom. The molecule has 1 aliphatic rings. The summed E-state index contributed by atoms with van der Waals surface area (Å²) >= 11 is 1.14. The minimum absolute atomic E-state index is 0.0590. The summed E-state index contributed by atoms with van der Waals surface area (Å²) in [6.07, 6.45) is -1.47. The van der Waals surface area contributed by atoms with Crippen LogP contribution in [0.1, 0.15) is 47.2 Å². The first kappa shape index (κ1) is 20.4. The highest BCUT2D eigenvalue weighted by Crippen LogP contribution is 2.38. The number of hydrogen-bond donors (Lipinski definition) is 1. The van der Waals surface area contributed by atoms with Gasteiger partial charge in [-0.25, -0.2) is 0 Å². The standard InChI is InChI=1S/C15H15F3N2O2S.C2H6O/c1-9-12(19-22-13(9)15(16,17)18)10-5-6-11(23-10)14(21)20-7-3-2-4-8-20;1-2-3/h5-6H,2-4,7-8H2,1H3;3H,2H2,1H3. The van der Waals surface area contributed by atoms with Gasteiger partial charge in [0.05, 0.1) is 9.75 Å². The maximum absolute atomic E-state index is 12.8. The van der Waals surface area contributed by atoms with E-state index in [4.69, 9.17) is 5.11 Å². The van der Waals surface area contributed by atoms with Crippen LogP contribution in [0, 0.1) is 6.92 Å². The zero-order valence-corrected chi connectivity index (χ0v) is 15.4. The Morgan fingerprint density at radius 3 is 2.46 bits per heavy atom. The molecule has 0 aliphatic carbocycles. The van der Waals surface area contributed by atoms with Gasteiger partial charge >= 0.3 is 6.18 Å². The maximum Gasteiger partial charge on any atom is 0.452 e. The van der Waals surface area contributed by atoms with Crippen LogP contribution in [0.15, 0.2) is 16.7 Å². The van der Waals surface area contributed by atoms with Crippen LogP contribution in [0.3, 0.4) is 0 Å². The molecular formula is C17H21F3N2O3S. The third kappa shape index (κ3) is 4.64. The summed E-state index contributed by atoms with van der Waals surface area (Å²) in [6, 6.07) is 3.26. The Morgan fingerprint density at radius 2 is 1.92 bits per heavy atom. The van der Waals surface area contributed by atoms with E-state index in [0.717, 1.165) is 43.7 Å². The summed E-state index contributed by atoms with van der Waals surface area (Å²) in [5.74, 6) is -1.16. The second-order valence-corrected chi connectivity index (χ2v) is 6.90. The van der Waals surface area contributed by atoms with Crippen molar-refractivity contribution in [3.8, 4) is 10.6 Å². The lowest BCUT2D eigenvalue weighted by Gasteiger charge is -2.26. The number of thiophene rings is 1. The lowest BCUT2D eigenvalue weighted by atomic mass is 10.1. The number of aromatic nitrogens is 1.